The molecule has 7 heteroatoms. The van der Waals surface area contributed by atoms with Gasteiger partial charge < -0.3 is 5.73 Å². The third-order valence-electron chi connectivity index (χ3n) is 1.90. The molecule has 0 aliphatic carbocycles. The predicted molar refractivity (Wildman–Crippen MR) is 72.6 cm³/mol. The molecule has 0 atom stereocenters. The van der Waals surface area contributed by atoms with E-state index in [2.05, 4.69) is 20.7 Å². The van der Waals surface area contributed by atoms with Crippen molar-refractivity contribution >= 4 is 37.6 Å². The van der Waals surface area contributed by atoms with Crippen LogP contribution in [0.2, 0.25) is 5.02 Å². The molecule has 96 valence electrons. The average Bonchev–Trinajstić information content (AvgIpc) is 2.18. The Balaban J connectivity index is 3.02. The number of nitrogens with two attached hydrogens (primary N) is 1. The quantitative estimate of drug-likeness (QED) is 0.881. The van der Waals surface area contributed by atoms with Gasteiger partial charge in [0.25, 0.3) is 0 Å². The van der Waals surface area contributed by atoms with E-state index < -0.39 is 15.6 Å². The summed E-state index contributed by atoms with van der Waals surface area (Å²) in [6, 6.07) is 4.65. The largest absolute Gasteiger partial charge is 0.324 e. The van der Waals surface area contributed by atoms with Gasteiger partial charge in [-0.3, -0.25) is 0 Å². The summed E-state index contributed by atoms with van der Waals surface area (Å²) in [6.45, 7) is 3.61. The summed E-state index contributed by atoms with van der Waals surface area (Å²) in [5.74, 6) is 0. The van der Waals surface area contributed by atoms with Gasteiger partial charge in [0.1, 0.15) is 4.90 Å². The molecule has 17 heavy (non-hydrogen) atoms. The van der Waals surface area contributed by atoms with E-state index in [1.54, 1.807) is 19.9 Å². The van der Waals surface area contributed by atoms with Crippen LogP contribution in [0.5, 0.6) is 0 Å². The lowest BCUT2D eigenvalue weighted by molar-refractivity contribution is 0.498. The number of hydrogen-bond donors (Lipinski definition) is 2. The molecule has 0 aliphatic rings. The SMILES string of the molecule is CC(C)(N)CNS(=O)(=O)c1cc(Br)ccc1Cl. The van der Waals surface area contributed by atoms with Gasteiger partial charge in [0.2, 0.25) is 10.0 Å². The molecule has 0 heterocycles. The van der Waals surface area contributed by atoms with Gasteiger partial charge in [0.15, 0.2) is 0 Å². The fourth-order valence-electron chi connectivity index (χ4n) is 1.04. The number of benzene rings is 1. The number of nitrogens with one attached hydrogen (secondary N) is 1. The van der Waals surface area contributed by atoms with Crippen molar-refractivity contribution in [2.24, 2.45) is 5.73 Å². The molecule has 0 saturated heterocycles. The Morgan fingerprint density at radius 1 is 1.47 bits per heavy atom. The van der Waals surface area contributed by atoms with E-state index in [-0.39, 0.29) is 16.5 Å². The highest BCUT2D eigenvalue weighted by atomic mass is 79.9. The molecule has 4 nitrogen and oxygen atoms in total. The first-order valence-corrected chi connectivity index (χ1v) is 7.51. The highest BCUT2D eigenvalue weighted by Crippen LogP contribution is 2.25. The molecule has 1 rings (SSSR count). The molecule has 0 saturated carbocycles. The normalized spacial score (nSPS) is 12.8. The monoisotopic (exact) mass is 340 g/mol. The van der Waals surface area contributed by atoms with Crippen molar-refractivity contribution in [3.8, 4) is 0 Å². The van der Waals surface area contributed by atoms with Gasteiger partial charge in [0.05, 0.1) is 5.02 Å². The van der Waals surface area contributed by atoms with E-state index in [1.807, 2.05) is 0 Å². The van der Waals surface area contributed by atoms with Crippen molar-refractivity contribution in [2.45, 2.75) is 24.3 Å². The van der Waals surface area contributed by atoms with E-state index in [1.165, 1.54) is 12.1 Å². The molecular weight excluding hydrogens is 328 g/mol. The smallest absolute Gasteiger partial charge is 0.242 e. The third-order valence-corrected chi connectivity index (χ3v) is 4.28. The topological polar surface area (TPSA) is 72.2 Å². The lowest BCUT2D eigenvalue weighted by Gasteiger charge is -2.19. The summed E-state index contributed by atoms with van der Waals surface area (Å²) in [5.41, 5.74) is 5.10. The molecule has 0 spiro atoms. The Hall–Kier alpha value is -0.140. The number of hydrogen-bond acceptors (Lipinski definition) is 3. The van der Waals surface area contributed by atoms with Gasteiger partial charge >= 0.3 is 0 Å². The molecule has 0 radical (unpaired) electrons. The lowest BCUT2D eigenvalue weighted by Crippen LogP contribution is -2.45. The van der Waals surface area contributed by atoms with Crippen LogP contribution in [0.4, 0.5) is 0 Å². The molecule has 0 amide bonds. The third kappa shape index (κ3) is 4.56. The van der Waals surface area contributed by atoms with Gasteiger partial charge in [-0.1, -0.05) is 27.5 Å². The first-order valence-electron chi connectivity index (χ1n) is 4.85. The maximum atomic E-state index is 12.0. The number of halogens is 2. The standard InChI is InChI=1S/C10H14BrClN2O2S/c1-10(2,13)6-14-17(15,16)9-5-7(11)3-4-8(9)12/h3-5,14H,6,13H2,1-2H3. The van der Waals surface area contributed by atoms with Crippen molar-refractivity contribution in [1.29, 1.82) is 0 Å². The Kier molecular flexibility index (Phi) is 4.60. The van der Waals surface area contributed by atoms with Crippen molar-refractivity contribution < 1.29 is 8.42 Å². The van der Waals surface area contributed by atoms with Crippen LogP contribution in [0, 0.1) is 0 Å². The molecule has 0 bridgehead atoms. The molecule has 0 aromatic heterocycles. The zero-order chi connectivity index (χ0) is 13.3. The van der Waals surface area contributed by atoms with E-state index in [9.17, 15) is 8.42 Å². The minimum Gasteiger partial charge on any atom is -0.324 e. The van der Waals surface area contributed by atoms with E-state index >= 15 is 0 Å². The van der Waals surface area contributed by atoms with Gasteiger partial charge in [-0.15, -0.1) is 0 Å². The van der Waals surface area contributed by atoms with E-state index in [0.717, 1.165) is 0 Å². The Morgan fingerprint density at radius 3 is 2.59 bits per heavy atom. The second-order valence-corrected chi connectivity index (χ2v) is 7.45. The number of rotatable bonds is 4. The fourth-order valence-corrected chi connectivity index (χ4v) is 3.30. The van der Waals surface area contributed by atoms with Crippen LogP contribution in [0.3, 0.4) is 0 Å². The zero-order valence-corrected chi connectivity index (χ0v) is 12.7. The first kappa shape index (κ1) is 14.9. The van der Waals surface area contributed by atoms with Crippen LogP contribution in [0.15, 0.2) is 27.6 Å². The highest BCUT2D eigenvalue weighted by Gasteiger charge is 2.21. The minimum atomic E-state index is -3.64. The summed E-state index contributed by atoms with van der Waals surface area (Å²) in [7, 11) is -3.64. The van der Waals surface area contributed by atoms with Crippen LogP contribution in [0.25, 0.3) is 0 Å². The van der Waals surface area contributed by atoms with Gasteiger partial charge in [-0.05, 0) is 32.0 Å². The Bertz CT molecular complexity index is 512. The van der Waals surface area contributed by atoms with Crippen LogP contribution in [-0.4, -0.2) is 20.5 Å². The van der Waals surface area contributed by atoms with E-state index in [4.69, 9.17) is 17.3 Å². The highest BCUT2D eigenvalue weighted by molar-refractivity contribution is 9.10. The van der Waals surface area contributed by atoms with Crippen molar-refractivity contribution in [2.75, 3.05) is 6.54 Å². The van der Waals surface area contributed by atoms with E-state index in [0.29, 0.717) is 4.47 Å². The Labute approximate surface area is 115 Å². The number of sulfonamides is 1. The zero-order valence-electron chi connectivity index (χ0n) is 9.50. The van der Waals surface area contributed by atoms with Gasteiger partial charge in [-0.2, -0.15) is 0 Å². The fraction of sp³-hybridized carbons (Fsp3) is 0.400. The van der Waals surface area contributed by atoms with Crippen LogP contribution >= 0.6 is 27.5 Å². The summed E-state index contributed by atoms with van der Waals surface area (Å²) in [6.07, 6.45) is 0. The second-order valence-electron chi connectivity index (χ2n) is 4.39. The molecule has 1 aromatic rings. The molecular formula is C10H14BrClN2O2S. The summed E-state index contributed by atoms with van der Waals surface area (Å²) >= 11 is 9.06. The second kappa shape index (κ2) is 5.24. The van der Waals surface area contributed by atoms with Crippen LogP contribution < -0.4 is 10.5 Å². The van der Waals surface area contributed by atoms with Crippen molar-refractivity contribution in [3.63, 3.8) is 0 Å². The predicted octanol–water partition coefficient (Wildman–Crippen LogP) is 2.12. The molecule has 3 N–H and O–H groups in total. The summed E-state index contributed by atoms with van der Waals surface area (Å²) in [4.78, 5) is 0.0396. The average molecular weight is 342 g/mol. The van der Waals surface area contributed by atoms with Gasteiger partial charge in [-0.25, -0.2) is 13.1 Å². The maximum Gasteiger partial charge on any atom is 0.242 e. The summed E-state index contributed by atoms with van der Waals surface area (Å²) < 4.78 is 27.0. The minimum absolute atomic E-state index is 0.0396. The molecule has 1 aromatic carbocycles. The molecule has 0 unspecified atom stereocenters. The first-order chi connectivity index (χ1) is 7.62. The van der Waals surface area contributed by atoms with Crippen LogP contribution in [-0.2, 0) is 10.0 Å². The van der Waals surface area contributed by atoms with Gasteiger partial charge in [0, 0.05) is 16.6 Å². The molecule has 0 fully saturated rings. The lowest BCUT2D eigenvalue weighted by atomic mass is 10.1. The van der Waals surface area contributed by atoms with Crippen molar-refractivity contribution in [1.82, 2.24) is 4.72 Å². The summed E-state index contributed by atoms with van der Waals surface area (Å²) in [5, 5.41) is 0.176. The van der Waals surface area contributed by atoms with Crippen LogP contribution in [0.1, 0.15) is 13.8 Å². The molecule has 0 aliphatic heterocycles. The Morgan fingerprint density at radius 2 is 2.06 bits per heavy atom. The maximum absolute atomic E-state index is 12.0. The van der Waals surface area contributed by atoms with Crippen molar-refractivity contribution in [3.05, 3.63) is 27.7 Å².